The summed E-state index contributed by atoms with van der Waals surface area (Å²) in [4.78, 5) is 41.8. The summed E-state index contributed by atoms with van der Waals surface area (Å²) in [6, 6.07) is 9.79. The highest BCUT2D eigenvalue weighted by Crippen LogP contribution is 2.16. The third kappa shape index (κ3) is 4.83. The molecular weight excluding hydrogens is 408 g/mol. The van der Waals surface area contributed by atoms with E-state index in [-0.39, 0.29) is 23.0 Å². The topological polar surface area (TPSA) is 103 Å². The number of rotatable bonds is 6. The van der Waals surface area contributed by atoms with Gasteiger partial charge in [-0.3, -0.25) is 9.59 Å². The minimum absolute atomic E-state index is 0.0184. The van der Waals surface area contributed by atoms with Crippen LogP contribution in [0, 0.1) is 5.92 Å². The Morgan fingerprint density at radius 3 is 2.47 bits per heavy atom. The minimum Gasteiger partial charge on any atom is -0.448 e. The number of carbonyl (C=O) groups excluding carboxylic acids is 2. The van der Waals surface area contributed by atoms with Gasteiger partial charge in [0.25, 0.3) is 11.5 Å². The molecule has 1 N–H and O–H groups in total. The number of hydrogen-bond acceptors (Lipinski definition) is 6. The van der Waals surface area contributed by atoms with Gasteiger partial charge in [0.1, 0.15) is 5.82 Å². The summed E-state index contributed by atoms with van der Waals surface area (Å²) in [5.74, 6) is -0.924. The average Bonchev–Trinajstić information content (AvgIpc) is 2.71. The van der Waals surface area contributed by atoms with Crippen molar-refractivity contribution in [3.05, 3.63) is 63.7 Å². The number of anilines is 1. The SMILES string of the molecule is CC(C)Cn1nc(C(=O)OC(C)C(=O)Nc2ccc(Cl)cn2)c2ccccc2c1=O. The van der Waals surface area contributed by atoms with E-state index in [1.807, 2.05) is 13.8 Å². The lowest BCUT2D eigenvalue weighted by atomic mass is 10.1. The summed E-state index contributed by atoms with van der Waals surface area (Å²) in [7, 11) is 0. The van der Waals surface area contributed by atoms with Crippen molar-refractivity contribution in [2.45, 2.75) is 33.4 Å². The monoisotopic (exact) mass is 428 g/mol. The van der Waals surface area contributed by atoms with E-state index in [0.717, 1.165) is 0 Å². The maximum atomic E-state index is 12.8. The zero-order chi connectivity index (χ0) is 21.8. The Bertz CT molecular complexity index is 1140. The fourth-order valence-corrected chi connectivity index (χ4v) is 2.91. The summed E-state index contributed by atoms with van der Waals surface area (Å²) in [6.07, 6.45) is 0.281. The largest absolute Gasteiger partial charge is 0.448 e. The second kappa shape index (κ2) is 9.04. The van der Waals surface area contributed by atoms with Crippen LogP contribution in [0.15, 0.2) is 47.4 Å². The number of fused-ring (bicyclic) bond motifs is 1. The molecule has 0 spiro atoms. The van der Waals surface area contributed by atoms with Gasteiger partial charge in [-0.25, -0.2) is 14.5 Å². The van der Waals surface area contributed by atoms with Crippen LogP contribution in [0.1, 0.15) is 31.3 Å². The molecule has 30 heavy (non-hydrogen) atoms. The highest BCUT2D eigenvalue weighted by Gasteiger charge is 2.23. The Hall–Kier alpha value is -3.26. The van der Waals surface area contributed by atoms with Crippen molar-refractivity contribution < 1.29 is 14.3 Å². The van der Waals surface area contributed by atoms with Crippen LogP contribution in [0.25, 0.3) is 10.8 Å². The molecule has 1 aromatic carbocycles. The molecule has 3 rings (SSSR count). The van der Waals surface area contributed by atoms with E-state index in [0.29, 0.717) is 22.3 Å². The Morgan fingerprint density at radius 1 is 1.13 bits per heavy atom. The molecule has 9 heteroatoms. The number of amides is 1. The molecule has 0 saturated carbocycles. The van der Waals surface area contributed by atoms with Crippen LogP contribution in [0.3, 0.4) is 0 Å². The maximum absolute atomic E-state index is 12.8. The first-order valence-electron chi connectivity index (χ1n) is 9.39. The number of ether oxygens (including phenoxy) is 1. The van der Waals surface area contributed by atoms with Gasteiger partial charge in [0, 0.05) is 18.1 Å². The number of carbonyl (C=O) groups is 2. The van der Waals surface area contributed by atoms with Crippen molar-refractivity contribution in [2.75, 3.05) is 5.32 Å². The van der Waals surface area contributed by atoms with Crippen LogP contribution >= 0.6 is 11.6 Å². The molecule has 0 aliphatic heterocycles. The number of hydrogen-bond donors (Lipinski definition) is 1. The van der Waals surface area contributed by atoms with Gasteiger partial charge in [-0.15, -0.1) is 0 Å². The predicted molar refractivity (Wildman–Crippen MR) is 114 cm³/mol. The molecule has 1 unspecified atom stereocenters. The zero-order valence-corrected chi connectivity index (χ0v) is 17.5. The maximum Gasteiger partial charge on any atom is 0.360 e. The third-order valence-corrected chi connectivity index (χ3v) is 4.45. The third-order valence-electron chi connectivity index (χ3n) is 4.23. The number of nitrogens with zero attached hydrogens (tertiary/aromatic N) is 3. The van der Waals surface area contributed by atoms with Gasteiger partial charge in [-0.2, -0.15) is 5.10 Å². The zero-order valence-electron chi connectivity index (χ0n) is 16.8. The van der Waals surface area contributed by atoms with E-state index >= 15 is 0 Å². The number of pyridine rings is 1. The minimum atomic E-state index is -1.11. The van der Waals surface area contributed by atoms with Gasteiger partial charge in [0.2, 0.25) is 0 Å². The first kappa shape index (κ1) is 21.4. The van der Waals surface area contributed by atoms with Crippen LogP contribution in [0.5, 0.6) is 0 Å². The fraction of sp³-hybridized carbons (Fsp3) is 0.286. The number of aromatic nitrogens is 3. The lowest BCUT2D eigenvalue weighted by Gasteiger charge is -2.15. The van der Waals surface area contributed by atoms with E-state index in [2.05, 4.69) is 15.4 Å². The quantitative estimate of drug-likeness (QED) is 0.604. The van der Waals surface area contributed by atoms with Gasteiger partial charge in [-0.1, -0.05) is 43.6 Å². The van der Waals surface area contributed by atoms with Crippen LogP contribution in [-0.4, -0.2) is 32.7 Å². The summed E-state index contributed by atoms with van der Waals surface area (Å²) < 4.78 is 6.58. The molecule has 1 atom stereocenters. The van der Waals surface area contributed by atoms with Gasteiger partial charge in [0.05, 0.1) is 10.4 Å². The molecule has 0 fully saturated rings. The van der Waals surface area contributed by atoms with Crippen molar-refractivity contribution >= 4 is 40.1 Å². The fourth-order valence-electron chi connectivity index (χ4n) is 2.80. The van der Waals surface area contributed by atoms with E-state index < -0.39 is 18.0 Å². The number of nitrogens with one attached hydrogen (secondary N) is 1. The van der Waals surface area contributed by atoms with Gasteiger partial charge < -0.3 is 10.1 Å². The van der Waals surface area contributed by atoms with Gasteiger partial charge >= 0.3 is 5.97 Å². The normalized spacial score (nSPS) is 12.0. The van der Waals surface area contributed by atoms with Crippen molar-refractivity contribution in [1.29, 1.82) is 0 Å². The van der Waals surface area contributed by atoms with E-state index in [1.165, 1.54) is 23.9 Å². The highest BCUT2D eigenvalue weighted by molar-refractivity contribution is 6.30. The van der Waals surface area contributed by atoms with Crippen molar-refractivity contribution in [3.8, 4) is 0 Å². The molecule has 156 valence electrons. The molecule has 0 aliphatic rings. The summed E-state index contributed by atoms with van der Waals surface area (Å²) >= 11 is 5.77. The summed E-state index contributed by atoms with van der Waals surface area (Å²) in [5.41, 5.74) is -0.300. The lowest BCUT2D eigenvalue weighted by Crippen LogP contribution is -2.32. The van der Waals surface area contributed by atoms with Crippen LogP contribution in [-0.2, 0) is 16.1 Å². The molecule has 0 radical (unpaired) electrons. The number of benzene rings is 1. The Labute approximate surface area is 177 Å². The smallest absolute Gasteiger partial charge is 0.360 e. The first-order valence-corrected chi connectivity index (χ1v) is 9.77. The second-order valence-corrected chi connectivity index (χ2v) is 7.61. The lowest BCUT2D eigenvalue weighted by molar-refractivity contribution is -0.123. The van der Waals surface area contributed by atoms with Crippen molar-refractivity contribution in [2.24, 2.45) is 5.92 Å². The molecule has 0 aliphatic carbocycles. The van der Waals surface area contributed by atoms with Crippen LogP contribution in [0.4, 0.5) is 5.82 Å². The van der Waals surface area contributed by atoms with E-state index in [1.54, 1.807) is 30.3 Å². The van der Waals surface area contributed by atoms with Gasteiger partial charge in [-0.05, 0) is 31.0 Å². The van der Waals surface area contributed by atoms with Gasteiger partial charge in [0.15, 0.2) is 11.8 Å². The van der Waals surface area contributed by atoms with E-state index in [9.17, 15) is 14.4 Å². The standard InChI is InChI=1S/C21H21ClN4O4/c1-12(2)11-26-20(28)16-7-5-4-6-15(16)18(25-26)21(29)30-13(3)19(27)24-17-9-8-14(22)10-23-17/h4-10,12-13H,11H2,1-3H3,(H,23,24,27). The number of esters is 1. The molecule has 0 bridgehead atoms. The molecular formula is C21H21ClN4O4. The van der Waals surface area contributed by atoms with Crippen molar-refractivity contribution in [1.82, 2.24) is 14.8 Å². The molecule has 1 amide bonds. The molecule has 8 nitrogen and oxygen atoms in total. The molecule has 2 heterocycles. The Balaban J connectivity index is 1.85. The number of halogens is 1. The molecule has 3 aromatic rings. The average molecular weight is 429 g/mol. The Morgan fingerprint density at radius 2 is 1.83 bits per heavy atom. The molecule has 2 aromatic heterocycles. The summed E-state index contributed by atoms with van der Waals surface area (Å²) in [6.45, 7) is 5.68. The van der Waals surface area contributed by atoms with E-state index in [4.69, 9.17) is 16.3 Å². The van der Waals surface area contributed by atoms with Crippen LogP contribution in [0.2, 0.25) is 5.02 Å². The Kier molecular flexibility index (Phi) is 6.47. The second-order valence-electron chi connectivity index (χ2n) is 7.17. The summed E-state index contributed by atoms with van der Waals surface area (Å²) in [5, 5.41) is 7.94. The van der Waals surface area contributed by atoms with Crippen LogP contribution < -0.4 is 10.9 Å². The first-order chi connectivity index (χ1) is 14.3. The van der Waals surface area contributed by atoms with Crippen molar-refractivity contribution in [3.63, 3.8) is 0 Å². The molecule has 0 saturated heterocycles. The highest BCUT2D eigenvalue weighted by atomic mass is 35.5. The predicted octanol–water partition coefficient (Wildman–Crippen LogP) is 3.28.